The van der Waals surface area contributed by atoms with E-state index in [2.05, 4.69) is 27.7 Å². The second-order valence-electron chi connectivity index (χ2n) is 5.41. The molecule has 0 unspecified atom stereocenters. The molecule has 13 heavy (non-hydrogen) atoms. The first-order valence-corrected chi connectivity index (χ1v) is 5.30. The summed E-state index contributed by atoms with van der Waals surface area (Å²) in [6, 6.07) is 0. The minimum Gasteiger partial charge on any atom is -0.388 e. The number of aliphatic hydroxyl groups is 1. The molecule has 3 N–H and O–H groups in total. The standard InChI is InChI=1S/C11H23NO/c1-5-10(12,6-2)11(13)7-9(3,4)8-11/h13H,5-8,12H2,1-4H3. The summed E-state index contributed by atoms with van der Waals surface area (Å²) in [5, 5.41) is 10.3. The van der Waals surface area contributed by atoms with Crippen molar-refractivity contribution in [1.82, 2.24) is 0 Å². The zero-order chi connectivity index (χ0) is 10.3. The Labute approximate surface area is 81.5 Å². The van der Waals surface area contributed by atoms with Crippen LogP contribution in [0.1, 0.15) is 53.4 Å². The van der Waals surface area contributed by atoms with Gasteiger partial charge in [-0.2, -0.15) is 0 Å². The third-order valence-corrected chi connectivity index (χ3v) is 3.73. The van der Waals surface area contributed by atoms with Crippen LogP contribution in [0, 0.1) is 5.41 Å². The highest BCUT2D eigenvalue weighted by Crippen LogP contribution is 2.53. The molecule has 2 heteroatoms. The van der Waals surface area contributed by atoms with Gasteiger partial charge < -0.3 is 10.8 Å². The molecule has 78 valence electrons. The molecular weight excluding hydrogens is 162 g/mol. The Kier molecular flexibility index (Phi) is 2.50. The van der Waals surface area contributed by atoms with Gasteiger partial charge in [-0.05, 0) is 31.1 Å². The predicted octanol–water partition coefficient (Wildman–Crippen LogP) is 2.05. The van der Waals surface area contributed by atoms with Crippen molar-refractivity contribution < 1.29 is 5.11 Å². The van der Waals surface area contributed by atoms with Crippen LogP contribution in [0.4, 0.5) is 0 Å². The van der Waals surface area contributed by atoms with Crippen LogP contribution in [0.25, 0.3) is 0 Å². The number of rotatable bonds is 3. The average molecular weight is 185 g/mol. The maximum atomic E-state index is 10.3. The molecule has 0 atom stereocenters. The molecule has 0 bridgehead atoms. The van der Waals surface area contributed by atoms with E-state index in [1.807, 2.05) is 0 Å². The van der Waals surface area contributed by atoms with E-state index in [4.69, 9.17) is 5.73 Å². The molecule has 0 aromatic carbocycles. The second kappa shape index (κ2) is 2.96. The fourth-order valence-electron chi connectivity index (χ4n) is 2.79. The lowest BCUT2D eigenvalue weighted by atomic mass is 9.53. The van der Waals surface area contributed by atoms with E-state index < -0.39 is 5.60 Å². The van der Waals surface area contributed by atoms with E-state index >= 15 is 0 Å². The van der Waals surface area contributed by atoms with Crippen LogP contribution >= 0.6 is 0 Å². The summed E-state index contributed by atoms with van der Waals surface area (Å²) in [6.45, 7) is 8.50. The van der Waals surface area contributed by atoms with Crippen molar-refractivity contribution in [2.24, 2.45) is 11.1 Å². The van der Waals surface area contributed by atoms with Crippen LogP contribution in [-0.4, -0.2) is 16.2 Å². The summed E-state index contributed by atoms with van der Waals surface area (Å²) < 4.78 is 0. The Morgan fingerprint density at radius 2 is 1.62 bits per heavy atom. The van der Waals surface area contributed by atoms with Crippen molar-refractivity contribution in [3.05, 3.63) is 0 Å². The summed E-state index contributed by atoms with van der Waals surface area (Å²) in [6.07, 6.45) is 3.41. The summed E-state index contributed by atoms with van der Waals surface area (Å²) in [4.78, 5) is 0. The smallest absolute Gasteiger partial charge is 0.0836 e. The van der Waals surface area contributed by atoms with Crippen LogP contribution in [0.5, 0.6) is 0 Å². The lowest BCUT2D eigenvalue weighted by molar-refractivity contribution is -0.163. The fourth-order valence-corrected chi connectivity index (χ4v) is 2.79. The van der Waals surface area contributed by atoms with Gasteiger partial charge in [0, 0.05) is 5.54 Å². The van der Waals surface area contributed by atoms with E-state index in [-0.39, 0.29) is 11.0 Å². The SMILES string of the molecule is CCC(N)(CC)C1(O)CC(C)(C)C1. The van der Waals surface area contributed by atoms with E-state index in [0.717, 1.165) is 25.7 Å². The van der Waals surface area contributed by atoms with Crippen LogP contribution < -0.4 is 5.73 Å². The van der Waals surface area contributed by atoms with Crippen LogP contribution in [0.15, 0.2) is 0 Å². The first-order chi connectivity index (χ1) is 5.79. The molecule has 2 nitrogen and oxygen atoms in total. The molecule has 0 heterocycles. The van der Waals surface area contributed by atoms with E-state index in [1.54, 1.807) is 0 Å². The molecule has 0 saturated heterocycles. The van der Waals surface area contributed by atoms with Gasteiger partial charge in [-0.1, -0.05) is 27.7 Å². The van der Waals surface area contributed by atoms with Crippen molar-refractivity contribution in [2.75, 3.05) is 0 Å². The quantitative estimate of drug-likeness (QED) is 0.707. The molecule has 0 aliphatic heterocycles. The molecule has 1 fully saturated rings. The molecule has 1 aliphatic carbocycles. The third-order valence-electron chi connectivity index (χ3n) is 3.73. The summed E-state index contributed by atoms with van der Waals surface area (Å²) >= 11 is 0. The molecule has 0 radical (unpaired) electrons. The minimum atomic E-state index is -0.611. The lowest BCUT2D eigenvalue weighted by Gasteiger charge is -2.58. The second-order valence-corrected chi connectivity index (χ2v) is 5.41. The van der Waals surface area contributed by atoms with Gasteiger partial charge in [0.1, 0.15) is 0 Å². The first kappa shape index (κ1) is 11.0. The average Bonchev–Trinajstić information content (AvgIpc) is 1.99. The van der Waals surface area contributed by atoms with E-state index in [9.17, 15) is 5.11 Å². The highest BCUT2D eigenvalue weighted by Gasteiger charge is 2.57. The molecule has 1 aliphatic rings. The third kappa shape index (κ3) is 1.62. The monoisotopic (exact) mass is 185 g/mol. The Morgan fingerprint density at radius 3 is 1.85 bits per heavy atom. The fraction of sp³-hybridized carbons (Fsp3) is 1.00. The lowest BCUT2D eigenvalue weighted by Crippen LogP contribution is -2.68. The van der Waals surface area contributed by atoms with Gasteiger partial charge in [0.15, 0.2) is 0 Å². The van der Waals surface area contributed by atoms with Crippen LogP contribution in [-0.2, 0) is 0 Å². The molecule has 1 rings (SSSR count). The highest BCUT2D eigenvalue weighted by molar-refractivity contribution is 5.12. The van der Waals surface area contributed by atoms with Crippen LogP contribution in [0.3, 0.4) is 0 Å². The normalized spacial score (nSPS) is 25.4. The topological polar surface area (TPSA) is 46.2 Å². The number of hydrogen-bond acceptors (Lipinski definition) is 2. The molecule has 0 aromatic rings. The van der Waals surface area contributed by atoms with Crippen molar-refractivity contribution in [3.63, 3.8) is 0 Å². The maximum Gasteiger partial charge on any atom is 0.0836 e. The summed E-state index contributed by atoms with van der Waals surface area (Å²) in [5.74, 6) is 0. The van der Waals surface area contributed by atoms with Gasteiger partial charge in [-0.15, -0.1) is 0 Å². The van der Waals surface area contributed by atoms with Gasteiger partial charge in [0.2, 0.25) is 0 Å². The Morgan fingerprint density at radius 1 is 1.23 bits per heavy atom. The van der Waals surface area contributed by atoms with Crippen molar-refractivity contribution >= 4 is 0 Å². The first-order valence-electron chi connectivity index (χ1n) is 5.30. The Bertz CT molecular complexity index is 186. The van der Waals surface area contributed by atoms with Crippen molar-refractivity contribution in [1.29, 1.82) is 0 Å². The Hall–Kier alpha value is -0.0800. The molecule has 0 amide bonds. The zero-order valence-electron chi connectivity index (χ0n) is 9.35. The summed E-state index contributed by atoms with van der Waals surface area (Å²) in [5.41, 5.74) is 5.51. The predicted molar refractivity (Wildman–Crippen MR) is 55.5 cm³/mol. The van der Waals surface area contributed by atoms with Gasteiger partial charge in [0.05, 0.1) is 5.60 Å². The summed E-state index contributed by atoms with van der Waals surface area (Å²) in [7, 11) is 0. The largest absolute Gasteiger partial charge is 0.388 e. The van der Waals surface area contributed by atoms with E-state index in [0.29, 0.717) is 0 Å². The maximum absolute atomic E-state index is 10.3. The van der Waals surface area contributed by atoms with Gasteiger partial charge in [-0.25, -0.2) is 0 Å². The zero-order valence-corrected chi connectivity index (χ0v) is 9.35. The number of hydrogen-bond donors (Lipinski definition) is 2. The van der Waals surface area contributed by atoms with E-state index in [1.165, 1.54) is 0 Å². The molecule has 0 spiro atoms. The van der Waals surface area contributed by atoms with Gasteiger partial charge in [-0.3, -0.25) is 0 Å². The highest BCUT2D eigenvalue weighted by atomic mass is 16.3. The van der Waals surface area contributed by atoms with Crippen molar-refractivity contribution in [3.8, 4) is 0 Å². The molecule has 0 aromatic heterocycles. The van der Waals surface area contributed by atoms with Crippen molar-refractivity contribution in [2.45, 2.75) is 64.5 Å². The molecule has 1 saturated carbocycles. The van der Waals surface area contributed by atoms with Gasteiger partial charge in [0.25, 0.3) is 0 Å². The number of nitrogens with two attached hydrogens (primary N) is 1. The Balaban J connectivity index is 2.72. The molecular formula is C11H23NO. The van der Waals surface area contributed by atoms with Crippen LogP contribution in [0.2, 0.25) is 0 Å². The minimum absolute atomic E-state index is 0.281. The van der Waals surface area contributed by atoms with Gasteiger partial charge >= 0.3 is 0 Å².